The van der Waals surface area contributed by atoms with Crippen LogP contribution in [-0.4, -0.2) is 17.4 Å². The summed E-state index contributed by atoms with van der Waals surface area (Å²) in [6.45, 7) is 4.56. The van der Waals surface area contributed by atoms with Crippen molar-refractivity contribution in [1.29, 1.82) is 0 Å². The first-order valence-electron chi connectivity index (χ1n) is 2.23. The average molecular weight is 144 g/mol. The molecule has 6 heavy (non-hydrogen) atoms. The predicted octanol–water partition coefficient (Wildman–Crippen LogP) is 2.28. The molecule has 0 aromatic rings. The largest absolute Gasteiger partial charge is 0.693 e. The Morgan fingerprint density at radius 2 is 1.50 bits per heavy atom. The number of hydrogen-bond acceptors (Lipinski definition) is 0. The van der Waals surface area contributed by atoms with Gasteiger partial charge in [-0.25, -0.2) is 0 Å². The fourth-order valence-electron chi connectivity index (χ4n) is 0.289. The van der Waals surface area contributed by atoms with Gasteiger partial charge in [0.25, 0.3) is 0 Å². The Kier molecular flexibility index (Phi) is 14.9. The average Bonchev–Trinajstić information content (AvgIpc) is 1.41. The van der Waals surface area contributed by atoms with Crippen LogP contribution in [0.3, 0.4) is 0 Å². The van der Waals surface area contributed by atoms with E-state index in [1.54, 1.807) is 0 Å². The Bertz CT molecular complexity index is 15.0. The minimum atomic E-state index is 0. The summed E-state index contributed by atoms with van der Waals surface area (Å²) >= 11 is 0.312. The Morgan fingerprint density at radius 1 is 1.17 bits per heavy atom. The Hall–Kier alpha value is 0.596. The molecule has 0 saturated heterocycles. The predicted molar refractivity (Wildman–Crippen MR) is 32.0 cm³/mol. The summed E-state index contributed by atoms with van der Waals surface area (Å²) in [7, 11) is 0. The third-order valence-electron chi connectivity index (χ3n) is 0.577. The van der Waals surface area contributed by atoms with E-state index in [1.807, 2.05) is 0 Å². The van der Waals surface area contributed by atoms with Gasteiger partial charge in [-0.3, -0.25) is 0 Å². The Labute approximate surface area is 47.9 Å². The summed E-state index contributed by atoms with van der Waals surface area (Å²) in [5.74, 6) is 0. The van der Waals surface area contributed by atoms with E-state index in [0.717, 1.165) is 0 Å². The van der Waals surface area contributed by atoms with Gasteiger partial charge < -0.3 is 6.15 Å². The second-order valence-corrected chi connectivity index (χ2v) is 5.74. The summed E-state index contributed by atoms with van der Waals surface area (Å²) < 4.78 is 0. The van der Waals surface area contributed by atoms with Gasteiger partial charge in [-0.15, -0.1) is 0 Å². The SMILES string of the molecule is C[CH2][Ga+][CH2]C.[NH2-]. The Balaban J connectivity index is 0. The van der Waals surface area contributed by atoms with Crippen molar-refractivity contribution in [2.45, 2.75) is 23.8 Å². The topological polar surface area (TPSA) is 33.5 Å². The van der Waals surface area contributed by atoms with Gasteiger partial charge in [-0.05, 0) is 0 Å². The van der Waals surface area contributed by atoms with E-state index in [1.165, 1.54) is 9.95 Å². The normalized spacial score (nSPS) is 5.67. The number of hydrogen-bond donors (Lipinski definition) is 0. The van der Waals surface area contributed by atoms with Gasteiger partial charge in [0, 0.05) is 0 Å². The van der Waals surface area contributed by atoms with Gasteiger partial charge in [0.05, 0.1) is 0 Å². The number of nitrogens with two attached hydrogens (primary N) is 1. The molecule has 0 aliphatic carbocycles. The van der Waals surface area contributed by atoms with Crippen molar-refractivity contribution in [3.63, 3.8) is 0 Å². The summed E-state index contributed by atoms with van der Waals surface area (Å²) in [4.78, 5) is 3.00. The second-order valence-electron chi connectivity index (χ2n) is 1.11. The van der Waals surface area contributed by atoms with Crippen molar-refractivity contribution in [2.24, 2.45) is 0 Å². The van der Waals surface area contributed by atoms with Gasteiger partial charge in [-0.1, -0.05) is 0 Å². The summed E-state index contributed by atoms with van der Waals surface area (Å²) in [6, 6.07) is 0. The molecule has 0 aromatic carbocycles. The van der Waals surface area contributed by atoms with Crippen LogP contribution in [-0.2, 0) is 0 Å². The third-order valence-corrected chi connectivity index (χ3v) is 3.00. The number of rotatable bonds is 2. The fourth-order valence-corrected chi connectivity index (χ4v) is 1.50. The van der Waals surface area contributed by atoms with Crippen LogP contribution in [0.15, 0.2) is 0 Å². The minimum absolute atomic E-state index is 0. The van der Waals surface area contributed by atoms with Crippen molar-refractivity contribution in [3.05, 3.63) is 6.15 Å². The molecule has 2 N–H and O–H groups in total. The molecule has 36 valence electrons. The van der Waals surface area contributed by atoms with Gasteiger partial charge in [0.2, 0.25) is 0 Å². The molecule has 0 bridgehead atoms. The van der Waals surface area contributed by atoms with Crippen molar-refractivity contribution in [1.82, 2.24) is 0 Å². The van der Waals surface area contributed by atoms with Crippen LogP contribution in [0.2, 0.25) is 9.95 Å². The van der Waals surface area contributed by atoms with Crippen LogP contribution >= 0.6 is 0 Å². The van der Waals surface area contributed by atoms with Crippen LogP contribution in [0, 0.1) is 0 Å². The van der Waals surface area contributed by atoms with Crippen molar-refractivity contribution in [2.75, 3.05) is 0 Å². The molecule has 0 heterocycles. The molecule has 0 saturated carbocycles. The molecular weight excluding hydrogens is 132 g/mol. The molecule has 0 spiro atoms. The molecule has 1 nitrogen and oxygen atoms in total. The van der Waals surface area contributed by atoms with Gasteiger partial charge in [0.1, 0.15) is 0 Å². The second kappa shape index (κ2) is 9.14. The quantitative estimate of drug-likeness (QED) is 0.532. The van der Waals surface area contributed by atoms with E-state index in [4.69, 9.17) is 0 Å². The first-order valence-corrected chi connectivity index (χ1v) is 5.66. The van der Waals surface area contributed by atoms with E-state index in [-0.39, 0.29) is 6.15 Å². The van der Waals surface area contributed by atoms with Crippen molar-refractivity contribution >= 4 is 17.4 Å². The summed E-state index contributed by atoms with van der Waals surface area (Å²) in [5, 5.41) is 0. The maximum Gasteiger partial charge on any atom is -0.693 e. The molecule has 0 fully saturated rings. The standard InChI is InChI=1S/2C2H5.Ga.H2N/c2*1-2;;/h2*1H2,2H3;;1H2/q;;+1;-1. The zero-order chi connectivity index (χ0) is 4.12. The summed E-state index contributed by atoms with van der Waals surface area (Å²) in [6.07, 6.45) is 0. The molecule has 0 atom stereocenters. The van der Waals surface area contributed by atoms with Gasteiger partial charge >= 0.3 is 41.2 Å². The maximum absolute atomic E-state index is 2.28. The molecule has 0 rings (SSSR count). The van der Waals surface area contributed by atoms with Gasteiger partial charge in [-0.2, -0.15) is 0 Å². The van der Waals surface area contributed by atoms with Crippen LogP contribution < -0.4 is 0 Å². The van der Waals surface area contributed by atoms with E-state index >= 15 is 0 Å². The first kappa shape index (κ1) is 9.78. The first-order chi connectivity index (χ1) is 2.41. The van der Waals surface area contributed by atoms with Crippen LogP contribution in [0.25, 0.3) is 6.15 Å². The van der Waals surface area contributed by atoms with Crippen molar-refractivity contribution < 1.29 is 0 Å². The van der Waals surface area contributed by atoms with Gasteiger partial charge in [0.15, 0.2) is 0 Å². The van der Waals surface area contributed by atoms with E-state index in [9.17, 15) is 0 Å². The fraction of sp³-hybridized carbons (Fsp3) is 1.00. The zero-order valence-electron chi connectivity index (χ0n) is 4.57. The zero-order valence-corrected chi connectivity index (χ0v) is 6.99. The van der Waals surface area contributed by atoms with Crippen LogP contribution in [0.1, 0.15) is 13.8 Å². The molecule has 0 radical (unpaired) electrons. The smallest absolute Gasteiger partial charge is 0.693 e. The molecule has 0 aromatic heterocycles. The summed E-state index contributed by atoms with van der Waals surface area (Å²) in [5.41, 5.74) is 0. The molecule has 0 unspecified atom stereocenters. The Morgan fingerprint density at radius 3 is 1.50 bits per heavy atom. The maximum atomic E-state index is 2.28. The molecule has 0 aliphatic heterocycles. The van der Waals surface area contributed by atoms with E-state index in [2.05, 4.69) is 13.8 Å². The van der Waals surface area contributed by atoms with Crippen LogP contribution in [0.4, 0.5) is 0 Å². The molecule has 0 amide bonds. The molecular formula is C4H12GaN. The monoisotopic (exact) mass is 143 g/mol. The third kappa shape index (κ3) is 8.82. The van der Waals surface area contributed by atoms with E-state index in [0.29, 0.717) is 17.4 Å². The van der Waals surface area contributed by atoms with Crippen LogP contribution in [0.5, 0.6) is 0 Å². The van der Waals surface area contributed by atoms with Crippen molar-refractivity contribution in [3.8, 4) is 0 Å². The van der Waals surface area contributed by atoms with E-state index < -0.39 is 0 Å². The minimum Gasteiger partial charge on any atom is -0.693 e. The molecule has 0 aliphatic rings. The molecule has 2 heteroatoms.